The molecule has 1 aromatic rings. The molecule has 6 nitrogen and oxygen atoms in total. The molecule has 0 bridgehead atoms. The van der Waals surface area contributed by atoms with Crippen LogP contribution in [0.3, 0.4) is 0 Å². The van der Waals surface area contributed by atoms with Gasteiger partial charge in [0.25, 0.3) is 0 Å². The number of rotatable bonds is 9. The third-order valence-corrected chi connectivity index (χ3v) is 2.79. The van der Waals surface area contributed by atoms with Crippen LogP contribution in [0.15, 0.2) is 18.2 Å². The number of benzene rings is 1. The van der Waals surface area contributed by atoms with Crippen LogP contribution < -0.4 is 15.8 Å². The van der Waals surface area contributed by atoms with Crippen LogP contribution >= 0.6 is 0 Å². The van der Waals surface area contributed by atoms with E-state index in [0.717, 1.165) is 0 Å². The van der Waals surface area contributed by atoms with Gasteiger partial charge in [0.05, 0.1) is 38.5 Å². The summed E-state index contributed by atoms with van der Waals surface area (Å²) in [5.41, 5.74) is 6.84. The van der Waals surface area contributed by atoms with Gasteiger partial charge >= 0.3 is 0 Å². The molecule has 0 aliphatic rings. The highest BCUT2D eigenvalue weighted by atomic mass is 16.5. The number of anilines is 2. The van der Waals surface area contributed by atoms with Gasteiger partial charge in [-0.3, -0.25) is 4.79 Å². The molecule has 0 radical (unpaired) electrons. The largest absolute Gasteiger partial charge is 0.494 e. The van der Waals surface area contributed by atoms with Crippen molar-refractivity contribution in [2.75, 3.05) is 38.0 Å². The fraction of sp³-hybridized carbons (Fsp3) is 0.533. The molecule has 0 spiro atoms. The van der Waals surface area contributed by atoms with Crippen LogP contribution in [0.5, 0.6) is 5.75 Å². The zero-order valence-electron chi connectivity index (χ0n) is 12.8. The van der Waals surface area contributed by atoms with Gasteiger partial charge in [0.1, 0.15) is 5.75 Å². The van der Waals surface area contributed by atoms with Crippen LogP contribution in [0.4, 0.5) is 11.4 Å². The van der Waals surface area contributed by atoms with E-state index in [4.69, 9.17) is 19.9 Å². The summed E-state index contributed by atoms with van der Waals surface area (Å²) < 4.78 is 15.9. The molecular formula is C15H24N2O4. The zero-order valence-corrected chi connectivity index (χ0v) is 12.8. The Morgan fingerprint density at radius 1 is 1.43 bits per heavy atom. The van der Waals surface area contributed by atoms with Crippen molar-refractivity contribution in [1.82, 2.24) is 0 Å². The zero-order chi connectivity index (χ0) is 15.7. The van der Waals surface area contributed by atoms with Crippen LogP contribution in [0.2, 0.25) is 0 Å². The molecule has 1 amide bonds. The summed E-state index contributed by atoms with van der Waals surface area (Å²) in [5.74, 6) is 0.399. The fourth-order valence-corrected chi connectivity index (χ4v) is 1.71. The summed E-state index contributed by atoms with van der Waals surface area (Å²) in [4.78, 5) is 11.9. The first-order valence-electron chi connectivity index (χ1n) is 6.99. The van der Waals surface area contributed by atoms with E-state index in [1.54, 1.807) is 18.2 Å². The van der Waals surface area contributed by atoms with Gasteiger partial charge in [-0.25, -0.2) is 0 Å². The lowest BCUT2D eigenvalue weighted by atomic mass is 10.2. The van der Waals surface area contributed by atoms with Crippen LogP contribution in [0, 0.1) is 0 Å². The number of nitrogens with two attached hydrogens (primary N) is 1. The molecule has 1 aromatic carbocycles. The highest BCUT2D eigenvalue weighted by Crippen LogP contribution is 2.26. The molecule has 0 saturated heterocycles. The lowest BCUT2D eigenvalue weighted by molar-refractivity contribution is -0.118. The summed E-state index contributed by atoms with van der Waals surface area (Å²) in [6, 6.07) is 5.08. The average molecular weight is 296 g/mol. The maximum atomic E-state index is 11.9. The molecule has 1 rings (SSSR count). The first-order valence-corrected chi connectivity index (χ1v) is 6.99. The van der Waals surface area contributed by atoms with Crippen molar-refractivity contribution in [3.05, 3.63) is 18.2 Å². The van der Waals surface area contributed by atoms with Gasteiger partial charge in [-0.1, -0.05) is 0 Å². The Kier molecular flexibility index (Phi) is 7.56. The first kappa shape index (κ1) is 17.3. The standard InChI is InChI=1S/C15H24N2O4/c1-4-20-10-11(2)21-8-7-15(18)17-13-6-5-12(16)9-14(13)19-3/h5-6,9,11H,4,7-8,10,16H2,1-3H3,(H,17,18). The van der Waals surface area contributed by atoms with Crippen molar-refractivity contribution in [2.45, 2.75) is 26.4 Å². The maximum absolute atomic E-state index is 11.9. The molecule has 1 atom stereocenters. The van der Waals surface area contributed by atoms with Gasteiger partial charge in [-0.15, -0.1) is 0 Å². The molecule has 21 heavy (non-hydrogen) atoms. The maximum Gasteiger partial charge on any atom is 0.226 e. The van der Waals surface area contributed by atoms with E-state index in [1.165, 1.54) is 7.11 Å². The minimum atomic E-state index is -0.137. The third-order valence-electron chi connectivity index (χ3n) is 2.79. The summed E-state index contributed by atoms with van der Waals surface area (Å²) in [5, 5.41) is 2.77. The van der Waals surface area contributed by atoms with E-state index >= 15 is 0 Å². The number of hydrogen-bond donors (Lipinski definition) is 2. The van der Waals surface area contributed by atoms with Gasteiger partial charge in [-0.2, -0.15) is 0 Å². The van der Waals surface area contributed by atoms with Crippen molar-refractivity contribution in [3.8, 4) is 5.75 Å². The van der Waals surface area contributed by atoms with Crippen molar-refractivity contribution in [2.24, 2.45) is 0 Å². The van der Waals surface area contributed by atoms with Gasteiger partial charge in [-0.05, 0) is 26.0 Å². The minimum absolute atomic E-state index is 0.0243. The SMILES string of the molecule is CCOCC(C)OCCC(=O)Nc1ccc(N)cc1OC. The molecule has 3 N–H and O–H groups in total. The van der Waals surface area contributed by atoms with Crippen LogP contribution in [-0.2, 0) is 14.3 Å². The van der Waals surface area contributed by atoms with Gasteiger partial charge in [0.2, 0.25) is 5.91 Å². The monoisotopic (exact) mass is 296 g/mol. The van der Waals surface area contributed by atoms with E-state index in [9.17, 15) is 4.79 Å². The molecule has 0 saturated carbocycles. The van der Waals surface area contributed by atoms with Gasteiger partial charge in [0.15, 0.2) is 0 Å². The number of amides is 1. The van der Waals surface area contributed by atoms with Crippen molar-refractivity contribution < 1.29 is 19.0 Å². The second-order valence-corrected chi connectivity index (χ2v) is 4.60. The van der Waals surface area contributed by atoms with E-state index < -0.39 is 0 Å². The second-order valence-electron chi connectivity index (χ2n) is 4.60. The van der Waals surface area contributed by atoms with Crippen LogP contribution in [-0.4, -0.2) is 38.9 Å². The lowest BCUT2D eigenvalue weighted by Crippen LogP contribution is -2.20. The Hall–Kier alpha value is -1.79. The molecule has 6 heteroatoms. The Labute approximate surface area is 125 Å². The number of carbonyl (C=O) groups is 1. The molecule has 0 aliphatic carbocycles. The summed E-state index contributed by atoms with van der Waals surface area (Å²) in [6.45, 7) is 5.38. The van der Waals surface area contributed by atoms with Gasteiger partial charge < -0.3 is 25.3 Å². The molecule has 0 fully saturated rings. The Bertz CT molecular complexity index is 451. The summed E-state index contributed by atoms with van der Waals surface area (Å²) >= 11 is 0. The Morgan fingerprint density at radius 3 is 2.86 bits per heavy atom. The molecular weight excluding hydrogens is 272 g/mol. The number of nitrogens with one attached hydrogen (secondary N) is 1. The summed E-state index contributed by atoms with van der Waals surface area (Å²) in [6.07, 6.45) is 0.244. The van der Waals surface area contributed by atoms with Gasteiger partial charge in [0, 0.05) is 18.4 Å². The van der Waals surface area contributed by atoms with Crippen molar-refractivity contribution in [1.29, 1.82) is 0 Å². The molecule has 0 heterocycles. The van der Waals surface area contributed by atoms with Crippen LogP contribution in [0.1, 0.15) is 20.3 Å². The van der Waals surface area contributed by atoms with Crippen LogP contribution in [0.25, 0.3) is 0 Å². The number of carbonyl (C=O) groups excluding carboxylic acids is 1. The van der Waals surface area contributed by atoms with E-state index in [1.807, 2.05) is 13.8 Å². The topological polar surface area (TPSA) is 82.8 Å². The van der Waals surface area contributed by atoms with E-state index in [2.05, 4.69) is 5.32 Å². The quantitative estimate of drug-likeness (QED) is 0.681. The number of ether oxygens (including phenoxy) is 3. The minimum Gasteiger partial charge on any atom is -0.494 e. The Balaban J connectivity index is 2.37. The predicted octanol–water partition coefficient (Wildman–Crippen LogP) is 2.05. The predicted molar refractivity (Wildman–Crippen MR) is 82.6 cm³/mol. The normalized spacial score (nSPS) is 12.0. The number of methoxy groups -OCH3 is 1. The molecule has 0 aliphatic heterocycles. The van der Waals surface area contributed by atoms with Crippen molar-refractivity contribution >= 4 is 17.3 Å². The first-order chi connectivity index (χ1) is 10.1. The number of nitrogen functional groups attached to an aromatic ring is 1. The summed E-state index contributed by atoms with van der Waals surface area (Å²) in [7, 11) is 1.53. The number of hydrogen-bond acceptors (Lipinski definition) is 5. The highest BCUT2D eigenvalue weighted by Gasteiger charge is 2.09. The van der Waals surface area contributed by atoms with E-state index in [-0.39, 0.29) is 18.4 Å². The second kappa shape index (κ2) is 9.20. The van der Waals surface area contributed by atoms with E-state index in [0.29, 0.717) is 36.9 Å². The average Bonchev–Trinajstić information content (AvgIpc) is 2.46. The smallest absolute Gasteiger partial charge is 0.226 e. The molecule has 0 aromatic heterocycles. The highest BCUT2D eigenvalue weighted by molar-refractivity contribution is 5.92. The lowest BCUT2D eigenvalue weighted by Gasteiger charge is -2.13. The fourth-order valence-electron chi connectivity index (χ4n) is 1.71. The van der Waals surface area contributed by atoms with Crippen molar-refractivity contribution in [3.63, 3.8) is 0 Å². The third kappa shape index (κ3) is 6.46. The molecule has 1 unspecified atom stereocenters. The molecule has 118 valence electrons. The Morgan fingerprint density at radius 2 is 2.19 bits per heavy atom.